The first-order chi connectivity index (χ1) is 6.74. The van der Waals surface area contributed by atoms with Crippen molar-refractivity contribution in [1.29, 1.82) is 0 Å². The molecule has 0 saturated carbocycles. The van der Waals surface area contributed by atoms with Gasteiger partial charge in [-0.15, -0.1) is 0 Å². The Labute approximate surface area is 83.5 Å². The summed E-state index contributed by atoms with van der Waals surface area (Å²) in [5, 5.41) is 10.3. The van der Waals surface area contributed by atoms with E-state index in [4.69, 9.17) is 4.74 Å². The van der Waals surface area contributed by atoms with Crippen molar-refractivity contribution >= 4 is 0 Å². The average Bonchev–Trinajstić information content (AvgIpc) is 2.67. The summed E-state index contributed by atoms with van der Waals surface area (Å²) in [6.07, 6.45) is 5.29. The van der Waals surface area contributed by atoms with Crippen LogP contribution >= 0.6 is 0 Å². The van der Waals surface area contributed by atoms with Crippen molar-refractivity contribution in [2.75, 3.05) is 13.2 Å². The number of rotatable bonds is 2. The minimum atomic E-state index is -0.862. The molecule has 78 valence electrons. The van der Waals surface area contributed by atoms with E-state index in [-0.39, 0.29) is 0 Å². The van der Waals surface area contributed by atoms with Gasteiger partial charge in [0.25, 0.3) is 0 Å². The minimum Gasteiger partial charge on any atom is -0.381 e. The Kier molecular flexibility index (Phi) is 2.56. The first kappa shape index (κ1) is 9.68. The van der Waals surface area contributed by atoms with Crippen LogP contribution in [0.2, 0.25) is 0 Å². The van der Waals surface area contributed by atoms with E-state index < -0.39 is 5.60 Å². The third-order valence-electron chi connectivity index (χ3n) is 2.70. The molecule has 1 fully saturated rings. The predicted molar refractivity (Wildman–Crippen MR) is 51.9 cm³/mol. The first-order valence-corrected chi connectivity index (χ1v) is 5.07. The van der Waals surface area contributed by atoms with Crippen LogP contribution in [0, 0.1) is 0 Å². The van der Waals surface area contributed by atoms with Gasteiger partial charge in [0.05, 0.1) is 18.6 Å². The molecule has 1 aromatic heterocycles. The lowest BCUT2D eigenvalue weighted by atomic mass is 9.94. The van der Waals surface area contributed by atoms with E-state index in [2.05, 4.69) is 4.98 Å². The molecule has 1 aliphatic heterocycles. The summed E-state index contributed by atoms with van der Waals surface area (Å²) < 4.78 is 7.24. The van der Waals surface area contributed by atoms with Crippen LogP contribution in [0.4, 0.5) is 0 Å². The molecular formula is C10H16N2O2. The Hall–Kier alpha value is -0.870. The molecule has 0 spiro atoms. The van der Waals surface area contributed by atoms with Gasteiger partial charge in [0.2, 0.25) is 0 Å². The predicted octanol–water partition coefficient (Wildman–Crippen LogP) is 0.901. The number of ether oxygens (including phenoxy) is 1. The van der Waals surface area contributed by atoms with Gasteiger partial charge in [-0.1, -0.05) is 0 Å². The van der Waals surface area contributed by atoms with Crippen LogP contribution in [0.1, 0.15) is 25.5 Å². The Bertz CT molecular complexity index is 303. The van der Waals surface area contributed by atoms with Gasteiger partial charge in [-0.2, -0.15) is 0 Å². The fourth-order valence-electron chi connectivity index (χ4n) is 1.76. The molecule has 1 aromatic rings. The van der Waals surface area contributed by atoms with E-state index in [0.717, 1.165) is 31.7 Å². The highest BCUT2D eigenvalue weighted by molar-refractivity contribution is 5.10. The zero-order valence-corrected chi connectivity index (χ0v) is 8.44. The monoisotopic (exact) mass is 196 g/mol. The van der Waals surface area contributed by atoms with Crippen LogP contribution in [0.15, 0.2) is 12.5 Å². The highest BCUT2D eigenvalue weighted by Crippen LogP contribution is 2.28. The molecule has 0 amide bonds. The topological polar surface area (TPSA) is 47.3 Å². The second kappa shape index (κ2) is 3.71. The summed E-state index contributed by atoms with van der Waals surface area (Å²) in [7, 11) is 0. The zero-order chi connectivity index (χ0) is 10.0. The number of hydrogen-bond acceptors (Lipinski definition) is 3. The molecule has 1 aliphatic rings. The van der Waals surface area contributed by atoms with E-state index in [9.17, 15) is 5.11 Å². The van der Waals surface area contributed by atoms with Gasteiger partial charge in [0.15, 0.2) is 0 Å². The highest BCUT2D eigenvalue weighted by Gasteiger charge is 2.34. The van der Waals surface area contributed by atoms with Crippen LogP contribution < -0.4 is 0 Å². The molecule has 1 saturated heterocycles. The first-order valence-electron chi connectivity index (χ1n) is 5.07. The molecular weight excluding hydrogens is 180 g/mol. The molecule has 1 N–H and O–H groups in total. The summed E-state index contributed by atoms with van der Waals surface area (Å²) in [6, 6.07) is 0. The van der Waals surface area contributed by atoms with E-state index in [1.54, 1.807) is 6.33 Å². The lowest BCUT2D eigenvalue weighted by Crippen LogP contribution is -2.36. The Morgan fingerprint density at radius 2 is 2.57 bits per heavy atom. The molecule has 0 radical (unpaired) electrons. The summed E-state index contributed by atoms with van der Waals surface area (Å²) in [5.41, 5.74) is -0.127. The quantitative estimate of drug-likeness (QED) is 0.764. The summed E-state index contributed by atoms with van der Waals surface area (Å²) in [6.45, 7) is 4.04. The van der Waals surface area contributed by atoms with Gasteiger partial charge in [-0.3, -0.25) is 0 Å². The number of aliphatic hydroxyl groups is 1. The van der Waals surface area contributed by atoms with Gasteiger partial charge < -0.3 is 14.4 Å². The van der Waals surface area contributed by atoms with Gasteiger partial charge in [-0.25, -0.2) is 4.98 Å². The molecule has 2 heterocycles. The van der Waals surface area contributed by atoms with Crippen LogP contribution in [0.3, 0.4) is 0 Å². The third kappa shape index (κ3) is 1.67. The van der Waals surface area contributed by atoms with E-state index in [1.165, 1.54) is 0 Å². The van der Waals surface area contributed by atoms with E-state index >= 15 is 0 Å². The summed E-state index contributed by atoms with van der Waals surface area (Å²) in [5.74, 6) is 0. The smallest absolute Gasteiger partial charge is 0.131 e. The van der Waals surface area contributed by atoms with Crippen molar-refractivity contribution < 1.29 is 9.84 Å². The second-order valence-electron chi connectivity index (χ2n) is 3.78. The summed E-state index contributed by atoms with van der Waals surface area (Å²) in [4.78, 5) is 4.22. The molecule has 1 unspecified atom stereocenters. The van der Waals surface area contributed by atoms with Crippen molar-refractivity contribution in [1.82, 2.24) is 9.55 Å². The Balaban J connectivity index is 2.19. The van der Waals surface area contributed by atoms with Crippen LogP contribution in [0.5, 0.6) is 0 Å². The fraction of sp³-hybridized carbons (Fsp3) is 0.700. The largest absolute Gasteiger partial charge is 0.381 e. The molecule has 0 aromatic carbocycles. The number of aryl methyl sites for hydroxylation is 1. The minimum absolute atomic E-state index is 0.369. The van der Waals surface area contributed by atoms with Gasteiger partial charge in [0.1, 0.15) is 5.60 Å². The zero-order valence-electron chi connectivity index (χ0n) is 8.44. The van der Waals surface area contributed by atoms with Crippen molar-refractivity contribution in [3.05, 3.63) is 18.2 Å². The van der Waals surface area contributed by atoms with Gasteiger partial charge in [-0.05, 0) is 19.8 Å². The van der Waals surface area contributed by atoms with Crippen LogP contribution in [-0.2, 0) is 16.9 Å². The number of nitrogens with zero attached hydrogens (tertiary/aromatic N) is 2. The number of hydrogen-bond donors (Lipinski definition) is 1. The van der Waals surface area contributed by atoms with Gasteiger partial charge >= 0.3 is 0 Å². The molecule has 1 atom stereocenters. The van der Waals surface area contributed by atoms with Gasteiger partial charge in [0, 0.05) is 19.3 Å². The van der Waals surface area contributed by atoms with Crippen LogP contribution in [-0.4, -0.2) is 27.9 Å². The van der Waals surface area contributed by atoms with Crippen molar-refractivity contribution in [3.8, 4) is 0 Å². The standard InChI is InChI=1S/C10H16N2O2/c1-2-12-6-9(11-8-12)10(13)4-3-5-14-7-10/h6,8,13H,2-5,7H2,1H3. The Morgan fingerprint density at radius 3 is 3.14 bits per heavy atom. The van der Waals surface area contributed by atoms with Crippen molar-refractivity contribution in [3.63, 3.8) is 0 Å². The van der Waals surface area contributed by atoms with E-state index in [1.807, 2.05) is 17.7 Å². The molecule has 4 heteroatoms. The molecule has 0 bridgehead atoms. The number of aromatic nitrogens is 2. The maximum atomic E-state index is 10.3. The van der Waals surface area contributed by atoms with Crippen LogP contribution in [0.25, 0.3) is 0 Å². The lowest BCUT2D eigenvalue weighted by Gasteiger charge is -2.30. The maximum absolute atomic E-state index is 10.3. The molecule has 4 nitrogen and oxygen atoms in total. The van der Waals surface area contributed by atoms with E-state index in [0.29, 0.717) is 6.61 Å². The fourth-order valence-corrected chi connectivity index (χ4v) is 1.76. The van der Waals surface area contributed by atoms with Crippen molar-refractivity contribution in [2.24, 2.45) is 0 Å². The summed E-state index contributed by atoms with van der Waals surface area (Å²) >= 11 is 0. The highest BCUT2D eigenvalue weighted by atomic mass is 16.5. The average molecular weight is 196 g/mol. The lowest BCUT2D eigenvalue weighted by molar-refractivity contribution is -0.0926. The van der Waals surface area contributed by atoms with Crippen molar-refractivity contribution in [2.45, 2.75) is 31.9 Å². The number of imidazole rings is 1. The molecule has 2 rings (SSSR count). The Morgan fingerprint density at radius 1 is 1.71 bits per heavy atom. The molecule has 0 aliphatic carbocycles. The third-order valence-corrected chi connectivity index (χ3v) is 2.70. The molecule has 14 heavy (non-hydrogen) atoms. The maximum Gasteiger partial charge on any atom is 0.131 e. The normalized spacial score (nSPS) is 27.9. The SMILES string of the molecule is CCn1cnc(C2(O)CCCOC2)c1. The second-order valence-corrected chi connectivity index (χ2v) is 3.78.